The van der Waals surface area contributed by atoms with Crippen LogP contribution in [0.2, 0.25) is 0 Å². The van der Waals surface area contributed by atoms with Crippen molar-refractivity contribution in [1.29, 1.82) is 0 Å². The van der Waals surface area contributed by atoms with Crippen LogP contribution in [0.3, 0.4) is 0 Å². The molecule has 0 heterocycles. The average molecular weight is 337 g/mol. The lowest BCUT2D eigenvalue weighted by atomic mass is 9.77. The molecule has 0 unspecified atom stereocenters. The number of methoxy groups -OCH3 is 1. The summed E-state index contributed by atoms with van der Waals surface area (Å²) in [6.07, 6.45) is 3.88. The number of nitrogens with one attached hydrogen (secondary N) is 1. The van der Waals surface area contributed by atoms with E-state index < -0.39 is 5.60 Å². The molecule has 0 spiro atoms. The lowest BCUT2D eigenvalue weighted by molar-refractivity contribution is -0.0102. The molecular weight excluding hydrogens is 310 g/mol. The standard InChI is InChI=1S/C18H27NO5/c1-23-13-24-16-4-2-15(3-5-16)17(21)19-12-18(22)9-6-14(7-10-18)8-11-20/h2-5,14,20,22H,6-13H2,1H3,(H,19,21). The van der Waals surface area contributed by atoms with Gasteiger partial charge in [0.1, 0.15) is 5.75 Å². The monoisotopic (exact) mass is 337 g/mol. The van der Waals surface area contributed by atoms with Crippen molar-refractivity contribution in [1.82, 2.24) is 5.32 Å². The maximum absolute atomic E-state index is 12.2. The lowest BCUT2D eigenvalue weighted by Crippen LogP contribution is -2.45. The van der Waals surface area contributed by atoms with E-state index in [9.17, 15) is 9.90 Å². The van der Waals surface area contributed by atoms with Gasteiger partial charge in [0.15, 0.2) is 6.79 Å². The van der Waals surface area contributed by atoms with Gasteiger partial charge in [0, 0.05) is 25.8 Å². The van der Waals surface area contributed by atoms with Gasteiger partial charge in [0.05, 0.1) is 5.60 Å². The summed E-state index contributed by atoms with van der Waals surface area (Å²) in [5.74, 6) is 0.902. The highest BCUT2D eigenvalue weighted by Crippen LogP contribution is 2.33. The van der Waals surface area contributed by atoms with Gasteiger partial charge in [0.2, 0.25) is 0 Å². The largest absolute Gasteiger partial charge is 0.468 e. The van der Waals surface area contributed by atoms with Crippen molar-refractivity contribution in [3.63, 3.8) is 0 Å². The van der Waals surface area contributed by atoms with Gasteiger partial charge in [-0.2, -0.15) is 0 Å². The van der Waals surface area contributed by atoms with Crippen LogP contribution in [-0.2, 0) is 4.74 Å². The van der Waals surface area contributed by atoms with Gasteiger partial charge in [-0.25, -0.2) is 0 Å². The molecule has 6 nitrogen and oxygen atoms in total. The van der Waals surface area contributed by atoms with E-state index in [4.69, 9.17) is 14.6 Å². The molecule has 0 atom stereocenters. The van der Waals surface area contributed by atoms with Crippen LogP contribution in [-0.4, -0.2) is 48.8 Å². The average Bonchev–Trinajstić information content (AvgIpc) is 2.61. The van der Waals surface area contributed by atoms with E-state index in [0.717, 1.165) is 19.3 Å². The Morgan fingerprint density at radius 3 is 2.54 bits per heavy atom. The molecule has 24 heavy (non-hydrogen) atoms. The van der Waals surface area contributed by atoms with Crippen molar-refractivity contribution in [2.45, 2.75) is 37.7 Å². The predicted octanol–water partition coefficient (Wildman–Crippen LogP) is 1.70. The van der Waals surface area contributed by atoms with Crippen LogP contribution in [0.4, 0.5) is 0 Å². The summed E-state index contributed by atoms with van der Waals surface area (Å²) in [5, 5.41) is 22.4. The van der Waals surface area contributed by atoms with Crippen LogP contribution >= 0.6 is 0 Å². The smallest absolute Gasteiger partial charge is 0.251 e. The number of benzene rings is 1. The van der Waals surface area contributed by atoms with Crippen LogP contribution in [0.5, 0.6) is 5.75 Å². The van der Waals surface area contributed by atoms with Gasteiger partial charge in [-0.1, -0.05) is 0 Å². The number of amides is 1. The molecule has 1 aliphatic rings. The minimum Gasteiger partial charge on any atom is -0.468 e. The quantitative estimate of drug-likeness (QED) is 0.629. The van der Waals surface area contributed by atoms with Crippen molar-refractivity contribution in [3.05, 3.63) is 29.8 Å². The molecule has 0 aliphatic heterocycles. The molecule has 1 aliphatic carbocycles. The van der Waals surface area contributed by atoms with Gasteiger partial charge in [-0.3, -0.25) is 4.79 Å². The lowest BCUT2D eigenvalue weighted by Gasteiger charge is -2.36. The first-order valence-electron chi connectivity index (χ1n) is 8.39. The van der Waals surface area contributed by atoms with Gasteiger partial charge >= 0.3 is 0 Å². The molecule has 0 radical (unpaired) electrons. The molecule has 1 amide bonds. The van der Waals surface area contributed by atoms with Gasteiger partial charge < -0.3 is 25.0 Å². The maximum Gasteiger partial charge on any atom is 0.251 e. The third-order valence-electron chi connectivity index (χ3n) is 4.61. The summed E-state index contributed by atoms with van der Waals surface area (Å²) < 4.78 is 10.1. The van der Waals surface area contributed by atoms with E-state index in [1.165, 1.54) is 0 Å². The molecule has 0 saturated heterocycles. The number of carbonyl (C=O) groups excluding carboxylic acids is 1. The third kappa shape index (κ3) is 5.47. The molecule has 134 valence electrons. The van der Waals surface area contributed by atoms with E-state index in [-0.39, 0.29) is 25.9 Å². The molecule has 1 aromatic rings. The Hall–Kier alpha value is -1.63. The second-order valence-electron chi connectivity index (χ2n) is 6.44. The normalized spacial score (nSPS) is 23.7. The van der Waals surface area contributed by atoms with Gasteiger partial charge in [0.25, 0.3) is 5.91 Å². The van der Waals surface area contributed by atoms with E-state index in [1.54, 1.807) is 31.4 Å². The van der Waals surface area contributed by atoms with Crippen LogP contribution in [0.15, 0.2) is 24.3 Å². The molecule has 1 saturated carbocycles. The van der Waals surface area contributed by atoms with Crippen LogP contribution < -0.4 is 10.1 Å². The number of aliphatic hydroxyl groups is 2. The molecule has 2 rings (SSSR count). The van der Waals surface area contributed by atoms with Crippen LogP contribution in [0.25, 0.3) is 0 Å². The Morgan fingerprint density at radius 2 is 1.96 bits per heavy atom. The summed E-state index contributed by atoms with van der Waals surface area (Å²) in [6, 6.07) is 6.79. The van der Waals surface area contributed by atoms with Crippen molar-refractivity contribution < 1.29 is 24.5 Å². The van der Waals surface area contributed by atoms with Crippen molar-refractivity contribution in [2.24, 2.45) is 5.92 Å². The SMILES string of the molecule is COCOc1ccc(C(=O)NCC2(O)CCC(CCO)CC2)cc1. The fourth-order valence-corrected chi connectivity index (χ4v) is 3.04. The molecule has 0 bridgehead atoms. The van der Waals surface area contributed by atoms with E-state index in [2.05, 4.69) is 5.32 Å². The Bertz CT molecular complexity index is 509. The van der Waals surface area contributed by atoms with Crippen LogP contribution in [0, 0.1) is 5.92 Å². The summed E-state index contributed by atoms with van der Waals surface area (Å²) in [5.41, 5.74) is -0.319. The molecule has 0 aromatic heterocycles. The number of carbonyl (C=O) groups is 1. The fraction of sp³-hybridized carbons (Fsp3) is 0.611. The molecular formula is C18H27NO5. The highest BCUT2D eigenvalue weighted by molar-refractivity contribution is 5.94. The van der Waals surface area contributed by atoms with Gasteiger partial charge in [-0.05, 0) is 62.3 Å². The van der Waals surface area contributed by atoms with Crippen molar-refractivity contribution >= 4 is 5.91 Å². The zero-order valence-electron chi connectivity index (χ0n) is 14.2. The zero-order valence-corrected chi connectivity index (χ0v) is 14.2. The Kier molecular flexibility index (Phi) is 7.02. The minimum atomic E-state index is -0.844. The Labute approximate surface area is 142 Å². The second-order valence-corrected chi connectivity index (χ2v) is 6.44. The third-order valence-corrected chi connectivity index (χ3v) is 4.61. The van der Waals surface area contributed by atoms with Crippen LogP contribution in [0.1, 0.15) is 42.5 Å². The molecule has 6 heteroatoms. The summed E-state index contributed by atoms with van der Waals surface area (Å²) in [4.78, 5) is 12.2. The summed E-state index contributed by atoms with van der Waals surface area (Å²) in [7, 11) is 1.55. The number of hydrogen-bond acceptors (Lipinski definition) is 5. The maximum atomic E-state index is 12.2. The molecule has 3 N–H and O–H groups in total. The number of hydrogen-bond donors (Lipinski definition) is 3. The van der Waals surface area contributed by atoms with E-state index in [1.807, 2.05) is 0 Å². The molecule has 1 aromatic carbocycles. The van der Waals surface area contributed by atoms with E-state index >= 15 is 0 Å². The highest BCUT2D eigenvalue weighted by atomic mass is 16.7. The van der Waals surface area contributed by atoms with Crippen molar-refractivity contribution in [2.75, 3.05) is 27.1 Å². The Balaban J connectivity index is 1.80. The van der Waals surface area contributed by atoms with E-state index in [0.29, 0.717) is 30.1 Å². The summed E-state index contributed by atoms with van der Waals surface area (Å²) in [6.45, 7) is 0.610. The zero-order chi connectivity index (χ0) is 17.4. The first-order chi connectivity index (χ1) is 11.6. The van der Waals surface area contributed by atoms with Crippen molar-refractivity contribution in [3.8, 4) is 5.75 Å². The Morgan fingerprint density at radius 1 is 1.29 bits per heavy atom. The second kappa shape index (κ2) is 9.01. The number of rotatable bonds is 8. The minimum absolute atomic E-state index is 0.163. The fourth-order valence-electron chi connectivity index (χ4n) is 3.04. The summed E-state index contributed by atoms with van der Waals surface area (Å²) >= 11 is 0. The predicted molar refractivity (Wildman–Crippen MR) is 89.9 cm³/mol. The first kappa shape index (κ1) is 18.7. The first-order valence-corrected chi connectivity index (χ1v) is 8.39. The number of ether oxygens (including phenoxy) is 2. The topological polar surface area (TPSA) is 88.0 Å². The molecule has 1 fully saturated rings. The van der Waals surface area contributed by atoms with Gasteiger partial charge in [-0.15, -0.1) is 0 Å². The highest BCUT2D eigenvalue weighted by Gasteiger charge is 2.33. The number of aliphatic hydroxyl groups excluding tert-OH is 1.